The number of alkyl halides is 3. The molecule has 9 nitrogen and oxygen atoms in total. The maximum atomic E-state index is 14.1. The summed E-state index contributed by atoms with van der Waals surface area (Å²) in [6.07, 6.45) is -4.41. The first-order valence-electron chi connectivity index (χ1n) is 15.5. The summed E-state index contributed by atoms with van der Waals surface area (Å²) >= 11 is 0. The number of benzene rings is 4. The van der Waals surface area contributed by atoms with Crippen LogP contribution in [0.2, 0.25) is 0 Å². The van der Waals surface area contributed by atoms with Crippen molar-refractivity contribution in [2.75, 3.05) is 20.2 Å². The number of hydrogen-bond donors (Lipinski definition) is 1. The molecular weight excluding hydrogens is 671 g/mol. The Morgan fingerprint density at radius 3 is 1.90 bits per heavy atom. The molecule has 0 bridgehead atoms. The van der Waals surface area contributed by atoms with E-state index in [1.54, 1.807) is 12.1 Å². The molecule has 0 saturated heterocycles. The fourth-order valence-corrected chi connectivity index (χ4v) is 6.94. The van der Waals surface area contributed by atoms with Crippen LogP contribution < -0.4 is 4.72 Å². The maximum absolute atomic E-state index is 14.1. The number of amides is 1. The van der Waals surface area contributed by atoms with Crippen molar-refractivity contribution in [3.63, 3.8) is 0 Å². The minimum absolute atomic E-state index is 0.0632. The van der Waals surface area contributed by atoms with Gasteiger partial charge in [-0.25, -0.2) is 17.9 Å². The minimum Gasteiger partial charge on any atom is -0.467 e. The van der Waals surface area contributed by atoms with Gasteiger partial charge in [-0.05, 0) is 65.9 Å². The van der Waals surface area contributed by atoms with Gasteiger partial charge in [-0.15, -0.1) is 0 Å². The van der Waals surface area contributed by atoms with Gasteiger partial charge in [-0.1, -0.05) is 84.0 Å². The number of methoxy groups -OCH3 is 1. The second-order valence-corrected chi connectivity index (χ2v) is 13.2. The van der Waals surface area contributed by atoms with E-state index in [1.807, 2.05) is 54.6 Å². The van der Waals surface area contributed by atoms with E-state index >= 15 is 0 Å². The third-order valence-electron chi connectivity index (χ3n) is 8.16. The first kappa shape index (κ1) is 36.0. The van der Waals surface area contributed by atoms with Crippen LogP contribution in [0.5, 0.6) is 0 Å². The monoisotopic (exact) mass is 705 g/mol. The van der Waals surface area contributed by atoms with E-state index in [0.717, 1.165) is 28.8 Å². The summed E-state index contributed by atoms with van der Waals surface area (Å²) in [6, 6.07) is 26.9. The molecular formula is C37H34F3N3O6S. The molecule has 1 amide bonds. The highest BCUT2D eigenvalue weighted by Crippen LogP contribution is 2.31. The second-order valence-electron chi connectivity index (χ2n) is 11.5. The average Bonchev–Trinajstić information content (AvgIpc) is 3.47. The molecule has 0 aliphatic carbocycles. The van der Waals surface area contributed by atoms with Gasteiger partial charge in [0.25, 0.3) is 5.91 Å². The third-order valence-corrected chi connectivity index (χ3v) is 9.86. The van der Waals surface area contributed by atoms with Crippen molar-refractivity contribution in [3.8, 4) is 22.3 Å². The lowest BCUT2D eigenvalue weighted by atomic mass is 9.99. The highest BCUT2D eigenvalue weighted by molar-refractivity contribution is 7.89. The van der Waals surface area contributed by atoms with Crippen molar-refractivity contribution in [1.82, 2.24) is 14.8 Å². The normalized spacial score (nSPS) is 12.4. The van der Waals surface area contributed by atoms with E-state index in [9.17, 15) is 31.2 Å². The van der Waals surface area contributed by atoms with Crippen LogP contribution in [-0.2, 0) is 32.2 Å². The van der Waals surface area contributed by atoms with Gasteiger partial charge in [0.1, 0.15) is 16.6 Å². The summed E-state index contributed by atoms with van der Waals surface area (Å²) in [6.45, 7) is 2.48. The van der Waals surface area contributed by atoms with Crippen molar-refractivity contribution >= 4 is 21.9 Å². The summed E-state index contributed by atoms with van der Waals surface area (Å²) in [7, 11) is -2.88. The number of carbonyl (C=O) groups excluding carboxylic acids is 2. The molecule has 4 aromatic carbocycles. The van der Waals surface area contributed by atoms with Crippen molar-refractivity contribution in [2.24, 2.45) is 0 Å². The number of rotatable bonds is 12. The molecule has 1 atom stereocenters. The Morgan fingerprint density at radius 2 is 1.38 bits per heavy atom. The largest absolute Gasteiger partial charge is 0.467 e. The number of ether oxygens (including phenoxy) is 1. The van der Waals surface area contributed by atoms with E-state index in [1.165, 1.54) is 50.1 Å². The third kappa shape index (κ3) is 8.29. The smallest absolute Gasteiger partial charge is 0.416 e. The van der Waals surface area contributed by atoms with E-state index in [4.69, 9.17) is 9.26 Å². The molecule has 5 aromatic rings. The second kappa shape index (κ2) is 15.1. The van der Waals surface area contributed by atoms with Crippen LogP contribution in [0.25, 0.3) is 22.3 Å². The molecule has 0 unspecified atom stereocenters. The van der Waals surface area contributed by atoms with Crippen molar-refractivity contribution < 1.29 is 40.4 Å². The van der Waals surface area contributed by atoms with Gasteiger partial charge in [0.2, 0.25) is 10.0 Å². The molecule has 1 heterocycles. The number of sulfonamides is 1. The Labute approximate surface area is 287 Å². The molecule has 260 valence electrons. The lowest BCUT2D eigenvalue weighted by Crippen LogP contribution is -2.49. The predicted molar refractivity (Wildman–Crippen MR) is 180 cm³/mol. The molecule has 50 heavy (non-hydrogen) atoms. The number of carbonyl (C=O) groups is 2. The number of nitrogens with zero attached hydrogens (tertiary/aromatic N) is 2. The van der Waals surface area contributed by atoms with E-state index in [2.05, 4.69) is 9.88 Å². The number of aromatic nitrogens is 1. The summed E-state index contributed by atoms with van der Waals surface area (Å²) in [5.74, 6) is -1.19. The van der Waals surface area contributed by atoms with E-state index in [-0.39, 0.29) is 41.4 Å². The van der Waals surface area contributed by atoms with Gasteiger partial charge in [0.15, 0.2) is 5.76 Å². The van der Waals surface area contributed by atoms with Crippen LogP contribution >= 0.6 is 0 Å². The summed E-state index contributed by atoms with van der Waals surface area (Å²) in [4.78, 5) is 28.6. The van der Waals surface area contributed by atoms with Gasteiger partial charge >= 0.3 is 12.1 Å². The van der Waals surface area contributed by atoms with Crippen molar-refractivity contribution in [1.29, 1.82) is 0 Å². The molecule has 5 rings (SSSR count). The summed E-state index contributed by atoms with van der Waals surface area (Å²) in [5.41, 5.74) is 3.32. The number of halogens is 3. The molecule has 0 radical (unpaired) electrons. The Kier molecular flexibility index (Phi) is 10.9. The highest BCUT2D eigenvalue weighted by Gasteiger charge is 2.33. The fourth-order valence-electron chi connectivity index (χ4n) is 5.60. The molecule has 0 aliphatic heterocycles. The summed E-state index contributed by atoms with van der Waals surface area (Å²) in [5, 5.41) is 3.70. The van der Waals surface area contributed by atoms with E-state index in [0.29, 0.717) is 11.1 Å². The van der Waals surface area contributed by atoms with Crippen molar-refractivity contribution in [3.05, 3.63) is 131 Å². The Morgan fingerprint density at radius 1 is 0.840 bits per heavy atom. The Bertz CT molecular complexity index is 2030. The van der Waals surface area contributed by atoms with Crippen LogP contribution in [0.1, 0.15) is 32.9 Å². The number of esters is 1. The Balaban J connectivity index is 1.43. The standard InChI is InChI=1S/C37H34F3N3O6S/c1-24-34(25(2)49-42-24)50(46,47)41-21-22-43(33(36(45)48-3)23-26-9-11-28(12-10-26)27-7-5-4-6-8-27)35(44)31-15-13-29(14-16-31)30-17-19-32(20-18-30)37(38,39)40/h4-20,33,41H,21-23H2,1-3H3/t33-/m0/s1. The van der Waals surface area contributed by atoms with Gasteiger partial charge in [-0.2, -0.15) is 13.2 Å². The van der Waals surface area contributed by atoms with Crippen molar-refractivity contribution in [2.45, 2.75) is 37.4 Å². The minimum atomic E-state index is -4.47. The van der Waals surface area contributed by atoms with E-state index < -0.39 is 39.7 Å². The number of hydrogen-bond acceptors (Lipinski definition) is 7. The van der Waals surface area contributed by atoms with Gasteiger partial charge < -0.3 is 14.2 Å². The molecule has 0 fully saturated rings. The van der Waals surface area contributed by atoms with Crippen LogP contribution in [0.4, 0.5) is 13.2 Å². The van der Waals surface area contributed by atoms with Crippen LogP contribution in [0.15, 0.2) is 113 Å². The predicted octanol–water partition coefficient (Wildman–Crippen LogP) is 6.85. The lowest BCUT2D eigenvalue weighted by molar-refractivity contribution is -0.146. The van der Waals surface area contributed by atoms with Crippen LogP contribution in [0.3, 0.4) is 0 Å². The average molecular weight is 706 g/mol. The van der Waals surface area contributed by atoms with Gasteiger partial charge in [-0.3, -0.25) is 4.79 Å². The zero-order valence-corrected chi connectivity index (χ0v) is 28.2. The first-order chi connectivity index (χ1) is 23.8. The topological polar surface area (TPSA) is 119 Å². The molecule has 0 spiro atoms. The van der Waals surface area contributed by atoms with Gasteiger partial charge in [0.05, 0.1) is 12.7 Å². The first-order valence-corrected chi connectivity index (χ1v) is 17.0. The maximum Gasteiger partial charge on any atom is 0.416 e. The zero-order chi connectivity index (χ0) is 36.1. The fraction of sp³-hybridized carbons (Fsp3) is 0.216. The highest BCUT2D eigenvalue weighted by atomic mass is 32.2. The number of nitrogens with one attached hydrogen (secondary N) is 1. The number of aryl methyl sites for hydroxylation is 2. The quantitative estimate of drug-likeness (QED) is 0.141. The zero-order valence-electron chi connectivity index (χ0n) is 27.4. The lowest BCUT2D eigenvalue weighted by Gasteiger charge is -2.30. The molecule has 0 saturated carbocycles. The molecule has 0 aliphatic rings. The summed E-state index contributed by atoms with van der Waals surface area (Å²) < 4.78 is 78.0. The molecule has 1 N–H and O–H groups in total. The van der Waals surface area contributed by atoms with Crippen LogP contribution in [-0.4, -0.2) is 56.6 Å². The molecule has 1 aromatic heterocycles. The Hall–Kier alpha value is -5.27. The molecule has 13 heteroatoms. The van der Waals surface area contributed by atoms with Gasteiger partial charge in [0, 0.05) is 25.1 Å². The SMILES string of the molecule is COC(=O)[C@H](Cc1ccc(-c2ccccc2)cc1)N(CCNS(=O)(=O)c1c(C)noc1C)C(=O)c1ccc(-c2ccc(C(F)(F)F)cc2)cc1. The van der Waals surface area contributed by atoms with Crippen LogP contribution in [0, 0.1) is 13.8 Å².